The van der Waals surface area contributed by atoms with Gasteiger partial charge in [0.25, 0.3) is 0 Å². The van der Waals surface area contributed by atoms with Crippen LogP contribution in [0.15, 0.2) is 90.2 Å². The van der Waals surface area contributed by atoms with Gasteiger partial charge in [0.15, 0.2) is 0 Å². The molecule has 5 rings (SSSR count). The van der Waals surface area contributed by atoms with Crippen LogP contribution in [0.1, 0.15) is 5.56 Å². The molecule has 0 aliphatic carbocycles. The molecule has 0 bridgehead atoms. The van der Waals surface area contributed by atoms with Gasteiger partial charge in [0.2, 0.25) is 0 Å². The van der Waals surface area contributed by atoms with Crippen molar-refractivity contribution in [2.75, 3.05) is 5.43 Å². The van der Waals surface area contributed by atoms with E-state index in [0.29, 0.717) is 5.02 Å². The largest absolute Gasteiger partial charge is 0.343 e. The summed E-state index contributed by atoms with van der Waals surface area (Å²) in [6.45, 7) is 0. The first kappa shape index (κ1) is 18.4. The van der Waals surface area contributed by atoms with Crippen molar-refractivity contribution >= 4 is 45.3 Å². The minimum Gasteiger partial charge on any atom is -0.343 e. The second-order valence-corrected chi connectivity index (χ2v) is 7.53. The molecule has 0 unspecified atom stereocenters. The Bertz CT molecular complexity index is 1390. The summed E-state index contributed by atoms with van der Waals surface area (Å²) < 4.78 is 2.22. The minimum absolute atomic E-state index is 0.666. The van der Waals surface area contributed by atoms with Crippen LogP contribution in [0, 0.1) is 0 Å². The number of aromatic nitrogens is 2. The first-order valence-corrected chi connectivity index (χ1v) is 10.1. The number of nitrogens with zero attached hydrogens (tertiary/aromatic N) is 3. The number of nitrogens with one attached hydrogen (secondary N) is 1. The number of rotatable bonds is 4. The Hall–Kier alpha value is -3.63. The number of halogens is 1. The van der Waals surface area contributed by atoms with Crippen LogP contribution in [0.3, 0.4) is 0 Å². The Labute approximate surface area is 179 Å². The van der Waals surface area contributed by atoms with E-state index in [0.717, 1.165) is 38.8 Å². The number of pyridine rings is 1. The lowest BCUT2D eigenvalue weighted by atomic mass is 10.1. The fraction of sp³-hybridized carbons (Fsp3) is 0.0400. The number of anilines is 1. The zero-order chi connectivity index (χ0) is 20.5. The van der Waals surface area contributed by atoms with E-state index in [1.807, 2.05) is 36.5 Å². The van der Waals surface area contributed by atoms with Crippen molar-refractivity contribution in [1.82, 2.24) is 9.55 Å². The number of fused-ring (bicyclic) bond motifs is 2. The molecule has 0 radical (unpaired) electrons. The molecule has 0 spiro atoms. The maximum absolute atomic E-state index is 6.10. The van der Waals surface area contributed by atoms with Crippen LogP contribution >= 0.6 is 11.6 Å². The van der Waals surface area contributed by atoms with Crippen molar-refractivity contribution in [3.05, 3.63) is 95.6 Å². The van der Waals surface area contributed by atoms with Gasteiger partial charge < -0.3 is 4.57 Å². The van der Waals surface area contributed by atoms with Crippen molar-refractivity contribution in [2.45, 2.75) is 0 Å². The Morgan fingerprint density at radius 1 is 0.933 bits per heavy atom. The van der Waals surface area contributed by atoms with Crippen LogP contribution in [0.25, 0.3) is 33.1 Å². The number of aryl methyl sites for hydroxylation is 1. The van der Waals surface area contributed by atoms with Crippen molar-refractivity contribution < 1.29 is 0 Å². The second kappa shape index (κ2) is 7.65. The van der Waals surface area contributed by atoms with Gasteiger partial charge in [0.05, 0.1) is 23.1 Å². The SMILES string of the molecule is Cn1c(-c2ccccc2)c(/C=N/Nc2ccnc3cc(Cl)ccc23)c2ccccc21. The number of hydrazone groups is 1. The average Bonchev–Trinajstić information content (AvgIpc) is 3.06. The molecule has 1 N–H and O–H groups in total. The lowest BCUT2D eigenvalue weighted by molar-refractivity contribution is 0.977. The Balaban J connectivity index is 1.58. The van der Waals surface area contributed by atoms with Crippen molar-refractivity contribution in [3.63, 3.8) is 0 Å². The van der Waals surface area contributed by atoms with Crippen LogP contribution in [-0.4, -0.2) is 15.8 Å². The van der Waals surface area contributed by atoms with E-state index in [4.69, 9.17) is 11.6 Å². The predicted molar refractivity (Wildman–Crippen MR) is 126 cm³/mol. The zero-order valence-electron chi connectivity index (χ0n) is 16.4. The molecule has 0 saturated heterocycles. The van der Waals surface area contributed by atoms with Gasteiger partial charge in [-0.2, -0.15) is 5.10 Å². The lowest BCUT2D eigenvalue weighted by Gasteiger charge is -2.07. The van der Waals surface area contributed by atoms with Gasteiger partial charge in [-0.15, -0.1) is 0 Å². The normalized spacial score (nSPS) is 11.5. The van der Waals surface area contributed by atoms with Gasteiger partial charge in [-0.3, -0.25) is 10.4 Å². The first-order valence-electron chi connectivity index (χ1n) is 9.68. The Morgan fingerprint density at radius 2 is 1.73 bits per heavy atom. The first-order chi connectivity index (χ1) is 14.7. The molecule has 30 heavy (non-hydrogen) atoms. The third-order valence-corrected chi connectivity index (χ3v) is 5.51. The third-order valence-electron chi connectivity index (χ3n) is 5.28. The van der Waals surface area contributed by atoms with Gasteiger partial charge in [-0.05, 0) is 35.9 Å². The average molecular weight is 411 g/mol. The summed E-state index contributed by atoms with van der Waals surface area (Å²) >= 11 is 6.10. The van der Waals surface area contributed by atoms with Crippen LogP contribution in [0.5, 0.6) is 0 Å². The van der Waals surface area contributed by atoms with E-state index in [-0.39, 0.29) is 0 Å². The molecule has 0 aliphatic rings. The summed E-state index contributed by atoms with van der Waals surface area (Å²) in [6.07, 6.45) is 3.65. The quantitative estimate of drug-likeness (QED) is 0.271. The molecule has 3 aromatic carbocycles. The second-order valence-electron chi connectivity index (χ2n) is 7.09. The lowest BCUT2D eigenvalue weighted by Crippen LogP contribution is -1.96. The molecule has 0 amide bonds. The summed E-state index contributed by atoms with van der Waals surface area (Å²) in [6, 6.07) is 26.3. The van der Waals surface area contributed by atoms with E-state index < -0.39 is 0 Å². The van der Waals surface area contributed by atoms with E-state index in [2.05, 4.69) is 75.7 Å². The zero-order valence-corrected chi connectivity index (χ0v) is 17.1. The molecule has 4 nitrogen and oxygen atoms in total. The highest BCUT2D eigenvalue weighted by atomic mass is 35.5. The van der Waals surface area contributed by atoms with E-state index >= 15 is 0 Å². The highest BCUT2D eigenvalue weighted by Gasteiger charge is 2.15. The smallest absolute Gasteiger partial charge is 0.0738 e. The highest BCUT2D eigenvalue weighted by molar-refractivity contribution is 6.31. The van der Waals surface area contributed by atoms with Crippen molar-refractivity contribution in [3.8, 4) is 11.3 Å². The van der Waals surface area contributed by atoms with Crippen LogP contribution in [0.4, 0.5) is 5.69 Å². The minimum atomic E-state index is 0.666. The molecule has 5 aromatic rings. The van der Waals surface area contributed by atoms with Crippen LogP contribution in [0.2, 0.25) is 5.02 Å². The highest BCUT2D eigenvalue weighted by Crippen LogP contribution is 2.32. The van der Waals surface area contributed by atoms with Gasteiger partial charge in [-0.1, -0.05) is 60.1 Å². The topological polar surface area (TPSA) is 42.2 Å². The fourth-order valence-corrected chi connectivity index (χ4v) is 4.05. The van der Waals surface area contributed by atoms with Gasteiger partial charge in [0.1, 0.15) is 0 Å². The number of hydrogen-bond acceptors (Lipinski definition) is 3. The number of benzene rings is 3. The Kier molecular flexibility index (Phi) is 4.69. The molecule has 2 aromatic heterocycles. The Morgan fingerprint density at radius 3 is 2.60 bits per heavy atom. The molecule has 5 heteroatoms. The summed E-state index contributed by atoms with van der Waals surface area (Å²) in [5.41, 5.74) is 9.43. The molecular weight excluding hydrogens is 392 g/mol. The molecule has 0 saturated carbocycles. The molecule has 0 fully saturated rings. The van der Waals surface area contributed by atoms with Gasteiger partial charge in [0, 0.05) is 40.1 Å². The summed E-state index contributed by atoms with van der Waals surface area (Å²) in [7, 11) is 2.09. The standard InChI is InChI=1S/C25H19ClN4/c1-30-24-10-6-5-9-19(24)21(25(30)17-7-3-2-4-8-17)16-28-29-22-13-14-27-23-15-18(26)11-12-20(22)23/h2-16H,1H3,(H,27,29)/b28-16+. The number of hydrogen-bond donors (Lipinski definition) is 1. The molecule has 0 atom stereocenters. The predicted octanol–water partition coefficient (Wildman–Crippen LogP) is 6.49. The number of para-hydroxylation sites is 1. The summed E-state index contributed by atoms with van der Waals surface area (Å²) in [5.74, 6) is 0. The maximum Gasteiger partial charge on any atom is 0.0738 e. The molecule has 0 aliphatic heterocycles. The monoisotopic (exact) mass is 410 g/mol. The third kappa shape index (κ3) is 3.21. The van der Waals surface area contributed by atoms with Gasteiger partial charge >= 0.3 is 0 Å². The van der Waals surface area contributed by atoms with E-state index in [9.17, 15) is 0 Å². The molecule has 2 heterocycles. The van der Waals surface area contributed by atoms with Gasteiger partial charge in [-0.25, -0.2) is 0 Å². The molecule has 146 valence electrons. The van der Waals surface area contributed by atoms with Crippen LogP contribution in [-0.2, 0) is 7.05 Å². The van der Waals surface area contributed by atoms with E-state index in [1.165, 1.54) is 5.52 Å². The fourth-order valence-electron chi connectivity index (χ4n) is 3.88. The summed E-state index contributed by atoms with van der Waals surface area (Å²) in [5, 5.41) is 7.39. The van der Waals surface area contributed by atoms with Crippen LogP contribution < -0.4 is 5.43 Å². The molecular formula is C25H19ClN4. The maximum atomic E-state index is 6.10. The van der Waals surface area contributed by atoms with Crippen molar-refractivity contribution in [1.29, 1.82) is 0 Å². The van der Waals surface area contributed by atoms with E-state index in [1.54, 1.807) is 6.20 Å². The summed E-state index contributed by atoms with van der Waals surface area (Å²) in [4.78, 5) is 4.39. The van der Waals surface area contributed by atoms with Crippen molar-refractivity contribution in [2.24, 2.45) is 12.1 Å².